The molecule has 1 aromatic heterocycles. The molecule has 0 bridgehead atoms. The van der Waals surface area contributed by atoms with Crippen molar-refractivity contribution >= 4 is 5.82 Å². The molecule has 3 nitrogen and oxygen atoms in total. The Kier molecular flexibility index (Phi) is 2.77. The van der Waals surface area contributed by atoms with E-state index in [1.54, 1.807) is 13.2 Å². The maximum atomic E-state index is 5.63. The molecule has 0 saturated carbocycles. The summed E-state index contributed by atoms with van der Waals surface area (Å²) in [6.07, 6.45) is 0. The Hall–Kier alpha value is -2.03. The first-order chi connectivity index (χ1) is 7.72. The summed E-state index contributed by atoms with van der Waals surface area (Å²) in [6, 6.07) is 11.6. The van der Waals surface area contributed by atoms with Crippen molar-refractivity contribution in [3.63, 3.8) is 0 Å². The zero-order valence-electron chi connectivity index (χ0n) is 9.40. The molecule has 2 N–H and O–H groups in total. The van der Waals surface area contributed by atoms with Crippen LogP contribution in [-0.2, 0) is 0 Å². The lowest BCUT2D eigenvalue weighted by Gasteiger charge is -2.10. The molecule has 0 spiro atoms. The van der Waals surface area contributed by atoms with Gasteiger partial charge in [-0.15, -0.1) is 0 Å². The summed E-state index contributed by atoms with van der Waals surface area (Å²) >= 11 is 0. The van der Waals surface area contributed by atoms with Crippen LogP contribution >= 0.6 is 0 Å². The van der Waals surface area contributed by atoms with Gasteiger partial charge in [-0.3, -0.25) is 0 Å². The van der Waals surface area contributed by atoms with Crippen LogP contribution in [0.25, 0.3) is 11.1 Å². The van der Waals surface area contributed by atoms with E-state index in [1.807, 2.05) is 37.3 Å². The van der Waals surface area contributed by atoms with Crippen LogP contribution in [0, 0.1) is 6.92 Å². The number of benzene rings is 1. The summed E-state index contributed by atoms with van der Waals surface area (Å²) < 4.78 is 5.33. The van der Waals surface area contributed by atoms with E-state index in [-0.39, 0.29) is 0 Å². The van der Waals surface area contributed by atoms with Gasteiger partial charge in [-0.2, -0.15) is 0 Å². The number of aryl methyl sites for hydroxylation is 1. The van der Waals surface area contributed by atoms with Crippen LogP contribution in [0.2, 0.25) is 0 Å². The summed E-state index contributed by atoms with van der Waals surface area (Å²) in [7, 11) is 1.67. The Balaban J connectivity index is 2.58. The van der Waals surface area contributed by atoms with E-state index in [1.165, 1.54) is 0 Å². The fourth-order valence-corrected chi connectivity index (χ4v) is 1.73. The number of anilines is 1. The largest absolute Gasteiger partial charge is 0.496 e. The number of nitrogens with zero attached hydrogens (tertiary/aromatic N) is 1. The molecular formula is C13H14N2O. The van der Waals surface area contributed by atoms with Crippen LogP contribution in [0.3, 0.4) is 0 Å². The number of aromatic nitrogens is 1. The van der Waals surface area contributed by atoms with Crippen molar-refractivity contribution in [1.82, 2.24) is 4.98 Å². The van der Waals surface area contributed by atoms with E-state index in [2.05, 4.69) is 4.98 Å². The minimum Gasteiger partial charge on any atom is -0.496 e. The summed E-state index contributed by atoms with van der Waals surface area (Å²) in [5.41, 5.74) is 8.63. The summed E-state index contributed by atoms with van der Waals surface area (Å²) in [5, 5.41) is 0. The van der Waals surface area contributed by atoms with Gasteiger partial charge in [0.25, 0.3) is 0 Å². The number of nitrogen functional groups attached to an aromatic ring is 1. The Morgan fingerprint density at radius 2 is 1.81 bits per heavy atom. The standard InChI is InChI=1S/C13H14N2O/c1-9-10(7-8-13(14)15-9)11-5-3-4-6-12(11)16-2/h3-8H,1-2H3,(H2,14,15). The molecule has 1 heterocycles. The number of methoxy groups -OCH3 is 1. The molecule has 0 saturated heterocycles. The van der Waals surface area contributed by atoms with Gasteiger partial charge in [0.2, 0.25) is 0 Å². The van der Waals surface area contributed by atoms with Gasteiger partial charge in [-0.25, -0.2) is 4.98 Å². The molecule has 0 aliphatic carbocycles. The van der Waals surface area contributed by atoms with Gasteiger partial charge in [0.15, 0.2) is 0 Å². The number of hydrogen-bond donors (Lipinski definition) is 1. The van der Waals surface area contributed by atoms with Gasteiger partial charge in [-0.1, -0.05) is 18.2 Å². The van der Waals surface area contributed by atoms with Crippen molar-refractivity contribution in [3.05, 3.63) is 42.1 Å². The number of ether oxygens (including phenoxy) is 1. The van der Waals surface area contributed by atoms with Gasteiger partial charge in [0.1, 0.15) is 11.6 Å². The molecule has 0 fully saturated rings. The Morgan fingerprint density at radius 1 is 1.06 bits per heavy atom. The van der Waals surface area contributed by atoms with Gasteiger partial charge < -0.3 is 10.5 Å². The first-order valence-corrected chi connectivity index (χ1v) is 5.09. The highest BCUT2D eigenvalue weighted by molar-refractivity contribution is 5.72. The van der Waals surface area contributed by atoms with Crippen molar-refractivity contribution in [2.45, 2.75) is 6.92 Å². The zero-order chi connectivity index (χ0) is 11.5. The van der Waals surface area contributed by atoms with Gasteiger partial charge in [0.05, 0.1) is 7.11 Å². The molecule has 0 aliphatic heterocycles. The Bertz CT molecular complexity index is 509. The lowest BCUT2D eigenvalue weighted by atomic mass is 10.0. The molecule has 2 aromatic rings. The van der Waals surface area contributed by atoms with Crippen LogP contribution < -0.4 is 10.5 Å². The van der Waals surface area contributed by atoms with Crippen LogP contribution in [0.1, 0.15) is 5.69 Å². The predicted octanol–water partition coefficient (Wildman–Crippen LogP) is 2.65. The molecule has 2 rings (SSSR count). The van der Waals surface area contributed by atoms with Gasteiger partial charge in [0, 0.05) is 16.8 Å². The average molecular weight is 214 g/mol. The minimum atomic E-state index is 0.538. The highest BCUT2D eigenvalue weighted by Gasteiger charge is 2.08. The summed E-state index contributed by atoms with van der Waals surface area (Å²) in [6.45, 7) is 1.94. The minimum absolute atomic E-state index is 0.538. The first kappa shape index (κ1) is 10.5. The van der Waals surface area contributed by atoms with Crippen molar-refractivity contribution in [2.75, 3.05) is 12.8 Å². The number of nitrogens with two attached hydrogens (primary N) is 1. The molecule has 16 heavy (non-hydrogen) atoms. The highest BCUT2D eigenvalue weighted by atomic mass is 16.5. The van der Waals surface area contributed by atoms with E-state index >= 15 is 0 Å². The quantitative estimate of drug-likeness (QED) is 0.836. The lowest BCUT2D eigenvalue weighted by molar-refractivity contribution is 0.416. The molecule has 0 radical (unpaired) electrons. The van der Waals surface area contributed by atoms with E-state index in [0.29, 0.717) is 5.82 Å². The number of rotatable bonds is 2. The number of pyridine rings is 1. The van der Waals surface area contributed by atoms with E-state index in [4.69, 9.17) is 10.5 Å². The monoisotopic (exact) mass is 214 g/mol. The zero-order valence-corrected chi connectivity index (χ0v) is 9.40. The fourth-order valence-electron chi connectivity index (χ4n) is 1.73. The topological polar surface area (TPSA) is 48.1 Å². The van der Waals surface area contributed by atoms with Gasteiger partial charge in [-0.05, 0) is 25.1 Å². The SMILES string of the molecule is COc1ccccc1-c1ccc(N)nc1C. The highest BCUT2D eigenvalue weighted by Crippen LogP contribution is 2.31. The molecular weight excluding hydrogens is 200 g/mol. The third kappa shape index (κ3) is 1.84. The Morgan fingerprint density at radius 3 is 2.50 bits per heavy atom. The average Bonchev–Trinajstić information content (AvgIpc) is 2.29. The lowest BCUT2D eigenvalue weighted by Crippen LogP contribution is -1.95. The number of para-hydroxylation sites is 1. The molecule has 0 atom stereocenters. The van der Waals surface area contributed by atoms with Crippen molar-refractivity contribution in [3.8, 4) is 16.9 Å². The predicted molar refractivity (Wildman–Crippen MR) is 65.4 cm³/mol. The molecule has 0 aliphatic rings. The third-order valence-corrected chi connectivity index (χ3v) is 2.50. The fraction of sp³-hybridized carbons (Fsp3) is 0.154. The van der Waals surface area contributed by atoms with Gasteiger partial charge >= 0.3 is 0 Å². The first-order valence-electron chi connectivity index (χ1n) is 5.09. The van der Waals surface area contributed by atoms with Crippen LogP contribution in [0.15, 0.2) is 36.4 Å². The molecule has 0 amide bonds. The maximum absolute atomic E-state index is 5.63. The van der Waals surface area contributed by atoms with Crippen molar-refractivity contribution < 1.29 is 4.74 Å². The maximum Gasteiger partial charge on any atom is 0.126 e. The third-order valence-electron chi connectivity index (χ3n) is 2.50. The second-order valence-corrected chi connectivity index (χ2v) is 3.57. The molecule has 82 valence electrons. The summed E-state index contributed by atoms with van der Waals surface area (Å²) in [5.74, 6) is 1.38. The van der Waals surface area contributed by atoms with E-state index < -0.39 is 0 Å². The smallest absolute Gasteiger partial charge is 0.126 e. The molecule has 0 unspecified atom stereocenters. The molecule has 1 aromatic carbocycles. The molecule has 3 heteroatoms. The second kappa shape index (κ2) is 4.23. The summed E-state index contributed by atoms with van der Waals surface area (Å²) in [4.78, 5) is 4.25. The van der Waals surface area contributed by atoms with Crippen molar-refractivity contribution in [2.24, 2.45) is 0 Å². The number of hydrogen-bond acceptors (Lipinski definition) is 3. The van der Waals surface area contributed by atoms with E-state index in [0.717, 1.165) is 22.6 Å². The Labute approximate surface area is 94.9 Å². The van der Waals surface area contributed by atoms with E-state index in [9.17, 15) is 0 Å². The second-order valence-electron chi connectivity index (χ2n) is 3.57. The van der Waals surface area contributed by atoms with Crippen LogP contribution in [0.5, 0.6) is 5.75 Å². The normalized spacial score (nSPS) is 10.1. The van der Waals surface area contributed by atoms with Crippen LogP contribution in [-0.4, -0.2) is 12.1 Å². The van der Waals surface area contributed by atoms with Crippen molar-refractivity contribution in [1.29, 1.82) is 0 Å². The van der Waals surface area contributed by atoms with Crippen LogP contribution in [0.4, 0.5) is 5.82 Å².